The van der Waals surface area contributed by atoms with Crippen LogP contribution in [0.3, 0.4) is 0 Å². The summed E-state index contributed by atoms with van der Waals surface area (Å²) in [6, 6.07) is 6.71. The van der Waals surface area contributed by atoms with Gasteiger partial charge in [0.25, 0.3) is 0 Å². The minimum absolute atomic E-state index is 0.0627. The number of amides is 1. The lowest BCUT2D eigenvalue weighted by molar-refractivity contribution is -0.142. The summed E-state index contributed by atoms with van der Waals surface area (Å²) in [6.07, 6.45) is 2.81. The standard InChI is InChI=1S/C13H14N4O4/c1-20-13(19)7-21-11-4-2-3-10(5-11)16-12(18)6-17-9-14-8-15-17/h2-5,8-9H,6-7H2,1H3,(H,16,18). The number of aromatic nitrogens is 3. The minimum atomic E-state index is -0.476. The number of nitrogens with one attached hydrogen (secondary N) is 1. The number of hydrogen-bond acceptors (Lipinski definition) is 6. The Morgan fingerprint density at radius 1 is 1.38 bits per heavy atom. The molecule has 1 amide bonds. The van der Waals surface area contributed by atoms with Crippen molar-refractivity contribution >= 4 is 17.6 Å². The SMILES string of the molecule is COC(=O)COc1cccc(NC(=O)Cn2cncn2)c1. The zero-order valence-corrected chi connectivity index (χ0v) is 11.4. The van der Waals surface area contributed by atoms with Gasteiger partial charge in [0.15, 0.2) is 6.61 Å². The quantitative estimate of drug-likeness (QED) is 0.777. The van der Waals surface area contributed by atoms with Gasteiger partial charge < -0.3 is 14.8 Å². The molecule has 1 aromatic heterocycles. The zero-order chi connectivity index (χ0) is 15.1. The second kappa shape index (κ2) is 7.04. The van der Waals surface area contributed by atoms with Crippen LogP contribution in [0.15, 0.2) is 36.9 Å². The monoisotopic (exact) mass is 290 g/mol. The highest BCUT2D eigenvalue weighted by atomic mass is 16.6. The van der Waals surface area contributed by atoms with Crippen LogP contribution in [0.5, 0.6) is 5.75 Å². The maximum atomic E-state index is 11.8. The van der Waals surface area contributed by atoms with Gasteiger partial charge in [0, 0.05) is 11.8 Å². The number of rotatable bonds is 6. The summed E-state index contributed by atoms with van der Waals surface area (Å²) in [6.45, 7) is -0.125. The van der Waals surface area contributed by atoms with E-state index in [0.717, 1.165) is 0 Å². The normalized spacial score (nSPS) is 9.95. The Balaban J connectivity index is 1.91. The molecule has 1 heterocycles. The molecule has 8 heteroatoms. The first-order valence-electron chi connectivity index (χ1n) is 6.09. The van der Waals surface area contributed by atoms with Crippen molar-refractivity contribution in [3.8, 4) is 5.75 Å². The minimum Gasteiger partial charge on any atom is -0.482 e. The van der Waals surface area contributed by atoms with Crippen molar-refractivity contribution in [3.63, 3.8) is 0 Å². The van der Waals surface area contributed by atoms with Crippen molar-refractivity contribution in [2.75, 3.05) is 19.0 Å². The third-order valence-corrected chi connectivity index (χ3v) is 2.47. The Kier molecular flexibility index (Phi) is 4.86. The van der Waals surface area contributed by atoms with Gasteiger partial charge in [-0.1, -0.05) is 6.07 Å². The van der Waals surface area contributed by atoms with Gasteiger partial charge in [-0.05, 0) is 12.1 Å². The predicted molar refractivity (Wildman–Crippen MR) is 72.6 cm³/mol. The van der Waals surface area contributed by atoms with Crippen LogP contribution < -0.4 is 10.1 Å². The van der Waals surface area contributed by atoms with Gasteiger partial charge >= 0.3 is 5.97 Å². The van der Waals surface area contributed by atoms with E-state index in [4.69, 9.17) is 4.74 Å². The van der Waals surface area contributed by atoms with Gasteiger partial charge in [-0.15, -0.1) is 0 Å². The third kappa shape index (κ3) is 4.60. The molecule has 2 aromatic rings. The summed E-state index contributed by atoms with van der Waals surface area (Å²) in [4.78, 5) is 26.5. The fourth-order valence-corrected chi connectivity index (χ4v) is 1.53. The maximum absolute atomic E-state index is 11.8. The van der Waals surface area contributed by atoms with Crippen LogP contribution in [0, 0.1) is 0 Å². The molecule has 0 unspecified atom stereocenters. The van der Waals surface area contributed by atoms with Crippen molar-refractivity contribution < 1.29 is 19.1 Å². The molecule has 0 saturated heterocycles. The molecule has 110 valence electrons. The highest BCUT2D eigenvalue weighted by Gasteiger charge is 2.06. The second-order valence-corrected chi connectivity index (χ2v) is 4.03. The summed E-state index contributed by atoms with van der Waals surface area (Å²) in [7, 11) is 1.28. The third-order valence-electron chi connectivity index (χ3n) is 2.47. The Bertz CT molecular complexity index is 612. The number of benzene rings is 1. The summed E-state index contributed by atoms with van der Waals surface area (Å²) in [5.41, 5.74) is 0.558. The van der Waals surface area contributed by atoms with E-state index in [9.17, 15) is 9.59 Å². The first-order valence-corrected chi connectivity index (χ1v) is 6.09. The molecule has 0 aliphatic heterocycles. The molecular weight excluding hydrogens is 276 g/mol. The average Bonchev–Trinajstić information content (AvgIpc) is 2.97. The molecule has 1 N–H and O–H groups in total. The number of carbonyl (C=O) groups excluding carboxylic acids is 2. The molecular formula is C13H14N4O4. The van der Waals surface area contributed by atoms with E-state index in [-0.39, 0.29) is 19.1 Å². The summed E-state index contributed by atoms with van der Waals surface area (Å²) >= 11 is 0. The fourth-order valence-electron chi connectivity index (χ4n) is 1.53. The zero-order valence-electron chi connectivity index (χ0n) is 11.4. The number of hydrogen-bond donors (Lipinski definition) is 1. The Morgan fingerprint density at radius 2 is 2.24 bits per heavy atom. The van der Waals surface area contributed by atoms with Crippen molar-refractivity contribution in [2.45, 2.75) is 6.54 Å². The maximum Gasteiger partial charge on any atom is 0.343 e. The van der Waals surface area contributed by atoms with Crippen LogP contribution in [0.25, 0.3) is 0 Å². The molecule has 0 aliphatic rings. The average molecular weight is 290 g/mol. The molecule has 0 fully saturated rings. The van der Waals surface area contributed by atoms with Crippen LogP contribution in [-0.4, -0.2) is 40.4 Å². The van der Waals surface area contributed by atoms with Crippen molar-refractivity contribution in [1.29, 1.82) is 0 Å². The van der Waals surface area contributed by atoms with E-state index in [1.807, 2.05) is 0 Å². The van der Waals surface area contributed by atoms with E-state index in [0.29, 0.717) is 11.4 Å². The van der Waals surface area contributed by atoms with Gasteiger partial charge in [0.05, 0.1) is 7.11 Å². The van der Waals surface area contributed by atoms with Gasteiger partial charge in [0.2, 0.25) is 5.91 Å². The molecule has 0 aliphatic carbocycles. The predicted octanol–water partition coefficient (Wildman–Crippen LogP) is 0.469. The smallest absolute Gasteiger partial charge is 0.343 e. The topological polar surface area (TPSA) is 95.3 Å². The van der Waals surface area contributed by atoms with E-state index in [1.54, 1.807) is 24.3 Å². The summed E-state index contributed by atoms with van der Waals surface area (Å²) in [5, 5.41) is 6.54. The lowest BCUT2D eigenvalue weighted by Crippen LogP contribution is -2.19. The van der Waals surface area contributed by atoms with Crippen molar-refractivity contribution in [2.24, 2.45) is 0 Å². The van der Waals surface area contributed by atoms with Crippen LogP contribution in [0.4, 0.5) is 5.69 Å². The molecule has 21 heavy (non-hydrogen) atoms. The van der Waals surface area contributed by atoms with Crippen LogP contribution in [0.2, 0.25) is 0 Å². The highest BCUT2D eigenvalue weighted by molar-refractivity contribution is 5.90. The van der Waals surface area contributed by atoms with Crippen LogP contribution >= 0.6 is 0 Å². The molecule has 0 saturated carbocycles. The first-order chi connectivity index (χ1) is 10.2. The number of methoxy groups -OCH3 is 1. The lowest BCUT2D eigenvalue weighted by Gasteiger charge is -2.08. The largest absolute Gasteiger partial charge is 0.482 e. The van der Waals surface area contributed by atoms with Crippen molar-refractivity contribution in [3.05, 3.63) is 36.9 Å². The summed E-state index contributed by atoms with van der Waals surface area (Å²) < 4.78 is 11.1. The molecule has 2 rings (SSSR count). The van der Waals surface area contributed by atoms with Gasteiger partial charge in [-0.3, -0.25) is 4.79 Å². The number of ether oxygens (including phenoxy) is 2. The molecule has 0 spiro atoms. The number of esters is 1. The van der Waals surface area contributed by atoms with Crippen molar-refractivity contribution in [1.82, 2.24) is 14.8 Å². The van der Waals surface area contributed by atoms with E-state index < -0.39 is 5.97 Å². The molecule has 0 atom stereocenters. The lowest BCUT2D eigenvalue weighted by atomic mass is 10.3. The Hall–Kier alpha value is -2.90. The van der Waals surface area contributed by atoms with Gasteiger partial charge in [-0.25, -0.2) is 14.5 Å². The van der Waals surface area contributed by atoms with E-state index in [2.05, 4.69) is 20.1 Å². The first kappa shape index (κ1) is 14.5. The van der Waals surface area contributed by atoms with E-state index in [1.165, 1.54) is 24.4 Å². The van der Waals surface area contributed by atoms with Crippen LogP contribution in [0.1, 0.15) is 0 Å². The van der Waals surface area contributed by atoms with Crippen LogP contribution in [-0.2, 0) is 20.9 Å². The van der Waals surface area contributed by atoms with Gasteiger partial charge in [-0.2, -0.15) is 5.10 Å². The fraction of sp³-hybridized carbons (Fsp3) is 0.231. The number of nitrogens with zero attached hydrogens (tertiary/aromatic N) is 3. The number of anilines is 1. The molecule has 1 aromatic carbocycles. The Morgan fingerprint density at radius 3 is 2.95 bits per heavy atom. The van der Waals surface area contributed by atoms with E-state index >= 15 is 0 Å². The number of carbonyl (C=O) groups is 2. The second-order valence-electron chi connectivity index (χ2n) is 4.03. The van der Waals surface area contributed by atoms with Gasteiger partial charge in [0.1, 0.15) is 24.9 Å². The Labute approximate surface area is 120 Å². The molecule has 8 nitrogen and oxygen atoms in total. The summed E-state index contributed by atoms with van der Waals surface area (Å²) in [5.74, 6) is -0.264. The molecule has 0 radical (unpaired) electrons. The molecule has 0 bridgehead atoms. The highest BCUT2D eigenvalue weighted by Crippen LogP contribution is 2.17.